The second-order valence-corrected chi connectivity index (χ2v) is 3.01. The van der Waals surface area contributed by atoms with Gasteiger partial charge < -0.3 is 10.1 Å². The molecule has 1 N–H and O–H groups in total. The van der Waals surface area contributed by atoms with Crippen molar-refractivity contribution < 1.29 is 9.53 Å². The van der Waals surface area contributed by atoms with Gasteiger partial charge in [-0.2, -0.15) is 5.26 Å². The molecule has 1 heterocycles. The van der Waals surface area contributed by atoms with Crippen molar-refractivity contribution in [1.82, 2.24) is 10.2 Å². The molecule has 0 bridgehead atoms. The van der Waals surface area contributed by atoms with Gasteiger partial charge in [0.15, 0.2) is 0 Å². The highest BCUT2D eigenvalue weighted by Gasteiger charge is 2.23. The Labute approximate surface area is 77.3 Å². The van der Waals surface area contributed by atoms with E-state index in [1.165, 1.54) is 7.11 Å². The summed E-state index contributed by atoms with van der Waals surface area (Å²) in [5.41, 5.74) is 0. The number of amides is 1. The molecular formula is C8H13N3O2. The van der Waals surface area contributed by atoms with E-state index >= 15 is 0 Å². The molecule has 0 aromatic heterocycles. The van der Waals surface area contributed by atoms with Crippen LogP contribution in [0.3, 0.4) is 0 Å². The SMILES string of the molecule is COC(=O)NC1CCN(CC#N)C1. The molecule has 72 valence electrons. The van der Waals surface area contributed by atoms with Gasteiger partial charge in [-0.05, 0) is 6.42 Å². The highest BCUT2D eigenvalue weighted by Crippen LogP contribution is 2.07. The third kappa shape index (κ3) is 2.92. The first-order valence-electron chi connectivity index (χ1n) is 4.20. The first-order chi connectivity index (χ1) is 6.26. The minimum atomic E-state index is -0.399. The topological polar surface area (TPSA) is 65.4 Å². The lowest BCUT2D eigenvalue weighted by Crippen LogP contribution is -2.36. The van der Waals surface area contributed by atoms with Gasteiger partial charge in [-0.15, -0.1) is 0 Å². The number of likely N-dealkylation sites (tertiary alicyclic amines) is 1. The molecule has 1 saturated heterocycles. The Morgan fingerprint density at radius 2 is 2.62 bits per heavy atom. The minimum Gasteiger partial charge on any atom is -0.453 e. The molecule has 1 atom stereocenters. The fourth-order valence-electron chi connectivity index (χ4n) is 1.42. The number of hydrogen-bond acceptors (Lipinski definition) is 4. The lowest BCUT2D eigenvalue weighted by atomic mass is 10.3. The van der Waals surface area contributed by atoms with Crippen LogP contribution in [0.25, 0.3) is 0 Å². The van der Waals surface area contributed by atoms with Gasteiger partial charge in [0.05, 0.1) is 19.7 Å². The van der Waals surface area contributed by atoms with Crippen LogP contribution < -0.4 is 5.32 Å². The van der Waals surface area contributed by atoms with Crippen molar-refractivity contribution in [2.24, 2.45) is 0 Å². The maximum Gasteiger partial charge on any atom is 0.407 e. The molecule has 5 nitrogen and oxygen atoms in total. The summed E-state index contributed by atoms with van der Waals surface area (Å²) in [5, 5.41) is 11.1. The zero-order chi connectivity index (χ0) is 9.68. The fourth-order valence-corrected chi connectivity index (χ4v) is 1.42. The van der Waals surface area contributed by atoms with Crippen molar-refractivity contribution in [3.05, 3.63) is 0 Å². The van der Waals surface area contributed by atoms with Crippen LogP contribution in [0.5, 0.6) is 0 Å². The number of rotatable bonds is 2. The molecule has 1 unspecified atom stereocenters. The number of carbonyl (C=O) groups is 1. The third-order valence-corrected chi connectivity index (χ3v) is 2.07. The third-order valence-electron chi connectivity index (χ3n) is 2.07. The van der Waals surface area contributed by atoms with E-state index in [4.69, 9.17) is 5.26 Å². The fraction of sp³-hybridized carbons (Fsp3) is 0.750. The smallest absolute Gasteiger partial charge is 0.407 e. The second-order valence-electron chi connectivity index (χ2n) is 3.01. The number of ether oxygens (including phenoxy) is 1. The molecule has 1 amide bonds. The molecule has 5 heteroatoms. The van der Waals surface area contributed by atoms with Crippen molar-refractivity contribution in [3.63, 3.8) is 0 Å². The number of nitrogens with one attached hydrogen (secondary N) is 1. The molecule has 0 saturated carbocycles. The first kappa shape index (κ1) is 9.81. The van der Waals surface area contributed by atoms with Crippen molar-refractivity contribution in [3.8, 4) is 6.07 Å². The van der Waals surface area contributed by atoms with E-state index in [2.05, 4.69) is 16.1 Å². The van der Waals surface area contributed by atoms with E-state index < -0.39 is 6.09 Å². The van der Waals surface area contributed by atoms with Gasteiger partial charge in [-0.25, -0.2) is 4.79 Å². The van der Waals surface area contributed by atoms with Crippen LogP contribution >= 0.6 is 0 Å². The average molecular weight is 183 g/mol. The van der Waals surface area contributed by atoms with Crippen LogP contribution in [0, 0.1) is 11.3 Å². The predicted octanol–water partition coefficient (Wildman–Crippen LogP) is -0.0597. The molecular weight excluding hydrogens is 170 g/mol. The van der Waals surface area contributed by atoms with E-state index in [0.29, 0.717) is 6.54 Å². The lowest BCUT2D eigenvalue weighted by Gasteiger charge is -2.12. The molecule has 1 fully saturated rings. The zero-order valence-corrected chi connectivity index (χ0v) is 7.62. The molecule has 1 rings (SSSR count). The Morgan fingerprint density at radius 3 is 3.23 bits per heavy atom. The Hall–Kier alpha value is -1.28. The number of hydrogen-bond donors (Lipinski definition) is 1. The molecule has 0 spiro atoms. The largest absolute Gasteiger partial charge is 0.453 e. The Morgan fingerprint density at radius 1 is 1.85 bits per heavy atom. The summed E-state index contributed by atoms with van der Waals surface area (Å²) in [6, 6.07) is 2.21. The standard InChI is InChI=1S/C8H13N3O2/c1-13-8(12)10-7-2-4-11(6-7)5-3-9/h7H,2,4-6H2,1H3,(H,10,12). The maximum absolute atomic E-state index is 10.8. The van der Waals surface area contributed by atoms with Crippen LogP contribution in [0.15, 0.2) is 0 Å². The van der Waals surface area contributed by atoms with Crippen LogP contribution in [0.2, 0.25) is 0 Å². The van der Waals surface area contributed by atoms with Gasteiger partial charge in [0.1, 0.15) is 0 Å². The van der Waals surface area contributed by atoms with E-state index in [1.54, 1.807) is 0 Å². The summed E-state index contributed by atoms with van der Waals surface area (Å²) < 4.78 is 4.47. The highest BCUT2D eigenvalue weighted by atomic mass is 16.5. The monoisotopic (exact) mass is 183 g/mol. The molecule has 0 aromatic carbocycles. The summed E-state index contributed by atoms with van der Waals surface area (Å²) >= 11 is 0. The van der Waals surface area contributed by atoms with Gasteiger partial charge in [-0.3, -0.25) is 4.90 Å². The molecule has 1 aliphatic heterocycles. The molecule has 0 aromatic rings. The van der Waals surface area contributed by atoms with Crippen LogP contribution in [-0.4, -0.2) is 43.8 Å². The average Bonchev–Trinajstić information content (AvgIpc) is 2.53. The van der Waals surface area contributed by atoms with E-state index in [0.717, 1.165) is 19.5 Å². The predicted molar refractivity (Wildman–Crippen MR) is 46.0 cm³/mol. The van der Waals surface area contributed by atoms with Gasteiger partial charge in [0.25, 0.3) is 0 Å². The molecule has 1 aliphatic rings. The van der Waals surface area contributed by atoms with Crippen molar-refractivity contribution in [2.45, 2.75) is 12.5 Å². The van der Waals surface area contributed by atoms with Crippen molar-refractivity contribution in [2.75, 3.05) is 26.7 Å². The van der Waals surface area contributed by atoms with Crippen LogP contribution in [0.4, 0.5) is 4.79 Å². The quantitative estimate of drug-likeness (QED) is 0.609. The zero-order valence-electron chi connectivity index (χ0n) is 7.62. The molecule has 0 radical (unpaired) electrons. The maximum atomic E-state index is 10.8. The molecule has 13 heavy (non-hydrogen) atoms. The Bertz CT molecular complexity index is 224. The Balaban J connectivity index is 2.25. The van der Waals surface area contributed by atoms with Crippen LogP contribution in [0.1, 0.15) is 6.42 Å². The van der Waals surface area contributed by atoms with Gasteiger partial charge in [0.2, 0.25) is 0 Å². The van der Waals surface area contributed by atoms with E-state index in [9.17, 15) is 4.79 Å². The van der Waals surface area contributed by atoms with E-state index in [1.807, 2.05) is 4.90 Å². The summed E-state index contributed by atoms with van der Waals surface area (Å²) in [6.45, 7) is 2.03. The normalized spacial score (nSPS) is 22.3. The Kier molecular flexibility index (Phi) is 3.53. The highest BCUT2D eigenvalue weighted by molar-refractivity contribution is 5.67. The number of nitriles is 1. The van der Waals surface area contributed by atoms with Gasteiger partial charge in [-0.1, -0.05) is 0 Å². The van der Waals surface area contributed by atoms with Gasteiger partial charge in [0, 0.05) is 19.1 Å². The number of carbonyl (C=O) groups excluding carboxylic acids is 1. The number of methoxy groups -OCH3 is 1. The second kappa shape index (κ2) is 4.67. The van der Waals surface area contributed by atoms with Crippen molar-refractivity contribution >= 4 is 6.09 Å². The summed E-state index contributed by atoms with van der Waals surface area (Å²) in [6.07, 6.45) is 0.486. The summed E-state index contributed by atoms with van der Waals surface area (Å²) in [4.78, 5) is 12.8. The van der Waals surface area contributed by atoms with Gasteiger partial charge >= 0.3 is 6.09 Å². The number of nitrogens with zero attached hydrogens (tertiary/aromatic N) is 2. The van der Waals surface area contributed by atoms with Crippen LogP contribution in [-0.2, 0) is 4.74 Å². The first-order valence-corrected chi connectivity index (χ1v) is 4.20. The lowest BCUT2D eigenvalue weighted by molar-refractivity contribution is 0.166. The summed E-state index contributed by atoms with van der Waals surface area (Å²) in [5.74, 6) is 0. The minimum absolute atomic E-state index is 0.126. The number of alkyl carbamates (subject to hydrolysis) is 1. The van der Waals surface area contributed by atoms with Crippen molar-refractivity contribution in [1.29, 1.82) is 5.26 Å². The molecule has 0 aliphatic carbocycles. The van der Waals surface area contributed by atoms with E-state index in [-0.39, 0.29) is 6.04 Å². The summed E-state index contributed by atoms with van der Waals surface area (Å²) in [7, 11) is 1.34.